The highest BCUT2D eigenvalue weighted by molar-refractivity contribution is 6.14. The van der Waals surface area contributed by atoms with Gasteiger partial charge in [-0.3, -0.25) is 9.59 Å². The van der Waals surface area contributed by atoms with Crippen LogP contribution in [-0.4, -0.2) is 24.5 Å². The van der Waals surface area contributed by atoms with Crippen LogP contribution in [-0.2, 0) is 0 Å². The molecule has 0 fully saturated rings. The van der Waals surface area contributed by atoms with Crippen molar-refractivity contribution < 1.29 is 14.3 Å². The van der Waals surface area contributed by atoms with Crippen molar-refractivity contribution in [2.24, 2.45) is 0 Å². The molecule has 5 nitrogen and oxygen atoms in total. The fourth-order valence-corrected chi connectivity index (χ4v) is 3.18. The van der Waals surface area contributed by atoms with E-state index in [9.17, 15) is 9.59 Å². The Morgan fingerprint density at radius 2 is 1.47 bits per heavy atom. The van der Waals surface area contributed by atoms with Gasteiger partial charge in [0.25, 0.3) is 11.8 Å². The van der Waals surface area contributed by atoms with Gasteiger partial charge < -0.3 is 15.0 Å². The molecule has 1 N–H and O–H groups in total. The Labute approximate surface area is 177 Å². The first-order valence-corrected chi connectivity index (χ1v) is 10.0. The van der Waals surface area contributed by atoms with E-state index in [1.54, 1.807) is 47.4 Å². The van der Waals surface area contributed by atoms with Crippen molar-refractivity contribution in [1.82, 2.24) is 0 Å². The molecule has 0 aliphatic heterocycles. The number of nitrogens with one attached hydrogen (secondary N) is 1. The number of amides is 2. The van der Waals surface area contributed by atoms with E-state index in [-0.39, 0.29) is 17.9 Å². The summed E-state index contributed by atoms with van der Waals surface area (Å²) in [6.45, 7) is 6.25. The van der Waals surface area contributed by atoms with Crippen molar-refractivity contribution in [2.75, 3.05) is 16.8 Å². The monoisotopic (exact) mass is 402 g/mol. The molecule has 0 aliphatic rings. The number of hydrogen-bond donors (Lipinski definition) is 1. The maximum absolute atomic E-state index is 13.3. The third-order valence-corrected chi connectivity index (χ3v) is 4.53. The molecule has 0 unspecified atom stereocenters. The highest BCUT2D eigenvalue weighted by atomic mass is 16.5. The van der Waals surface area contributed by atoms with E-state index in [0.717, 1.165) is 5.69 Å². The zero-order valence-corrected chi connectivity index (χ0v) is 17.5. The van der Waals surface area contributed by atoms with E-state index in [4.69, 9.17) is 4.74 Å². The van der Waals surface area contributed by atoms with Gasteiger partial charge in [0.1, 0.15) is 5.75 Å². The van der Waals surface area contributed by atoms with Gasteiger partial charge in [-0.1, -0.05) is 42.5 Å². The second-order valence-corrected chi connectivity index (χ2v) is 7.05. The second-order valence-electron chi connectivity index (χ2n) is 7.05. The van der Waals surface area contributed by atoms with Crippen LogP contribution in [0.15, 0.2) is 78.9 Å². The second kappa shape index (κ2) is 9.74. The number of nitrogens with zero attached hydrogens (tertiary/aromatic N) is 1. The molecule has 0 saturated carbocycles. The lowest BCUT2D eigenvalue weighted by Crippen LogP contribution is -2.31. The first-order valence-electron chi connectivity index (χ1n) is 10.0. The molecule has 3 rings (SSSR count). The van der Waals surface area contributed by atoms with Crippen LogP contribution < -0.4 is 15.0 Å². The Morgan fingerprint density at radius 3 is 2.13 bits per heavy atom. The van der Waals surface area contributed by atoms with Crippen LogP contribution in [0, 0.1) is 0 Å². The Hall–Kier alpha value is -3.60. The molecule has 0 aliphatic carbocycles. The fourth-order valence-electron chi connectivity index (χ4n) is 3.18. The largest absolute Gasteiger partial charge is 0.490 e. The standard InChI is InChI=1S/C25H26N2O3/c1-4-27(19-12-6-5-7-13-19)25(29)20-14-8-10-16-22(20)26-24(28)21-15-9-11-17-23(21)30-18(2)3/h5-18H,4H2,1-3H3,(H,26,28). The van der Waals surface area contributed by atoms with E-state index < -0.39 is 0 Å². The first-order chi connectivity index (χ1) is 14.5. The Morgan fingerprint density at radius 1 is 0.867 bits per heavy atom. The minimum absolute atomic E-state index is 0.0585. The summed E-state index contributed by atoms with van der Waals surface area (Å²) in [6.07, 6.45) is -0.0585. The van der Waals surface area contributed by atoms with Crippen molar-refractivity contribution in [3.8, 4) is 5.75 Å². The molecule has 0 atom stereocenters. The molecule has 3 aromatic carbocycles. The lowest BCUT2D eigenvalue weighted by molar-refractivity contribution is 0.0989. The minimum Gasteiger partial charge on any atom is -0.490 e. The van der Waals surface area contributed by atoms with E-state index in [0.29, 0.717) is 29.1 Å². The van der Waals surface area contributed by atoms with Crippen molar-refractivity contribution in [2.45, 2.75) is 26.9 Å². The lowest BCUT2D eigenvalue weighted by atomic mass is 10.1. The topological polar surface area (TPSA) is 58.6 Å². The summed E-state index contributed by atoms with van der Waals surface area (Å²) in [7, 11) is 0. The van der Waals surface area contributed by atoms with Crippen molar-refractivity contribution in [3.05, 3.63) is 90.0 Å². The van der Waals surface area contributed by atoms with Crippen molar-refractivity contribution in [1.29, 1.82) is 0 Å². The molecule has 0 spiro atoms. The van der Waals surface area contributed by atoms with Gasteiger partial charge in [-0.15, -0.1) is 0 Å². The summed E-state index contributed by atoms with van der Waals surface area (Å²) in [5.74, 6) is 0.00820. The van der Waals surface area contributed by atoms with Gasteiger partial charge in [-0.2, -0.15) is 0 Å². The molecule has 0 bridgehead atoms. The number of para-hydroxylation sites is 3. The molecule has 0 aromatic heterocycles. The highest BCUT2D eigenvalue weighted by Crippen LogP contribution is 2.25. The SMILES string of the molecule is CCN(C(=O)c1ccccc1NC(=O)c1ccccc1OC(C)C)c1ccccc1. The molecule has 2 amide bonds. The molecular weight excluding hydrogens is 376 g/mol. The van der Waals surface area contributed by atoms with Crippen LogP contribution in [0.25, 0.3) is 0 Å². The van der Waals surface area contributed by atoms with Gasteiger partial charge in [-0.05, 0) is 57.2 Å². The molecule has 0 radical (unpaired) electrons. The van der Waals surface area contributed by atoms with Gasteiger partial charge in [0.2, 0.25) is 0 Å². The zero-order valence-electron chi connectivity index (χ0n) is 17.5. The average molecular weight is 402 g/mol. The van der Waals surface area contributed by atoms with Gasteiger partial charge in [0.05, 0.1) is 22.9 Å². The molecule has 0 saturated heterocycles. The number of rotatable bonds is 7. The number of anilines is 2. The number of hydrogen-bond acceptors (Lipinski definition) is 3. The predicted octanol–water partition coefficient (Wildman–Crippen LogP) is 5.39. The third-order valence-electron chi connectivity index (χ3n) is 4.53. The zero-order chi connectivity index (χ0) is 21.5. The Balaban J connectivity index is 1.89. The molecule has 3 aromatic rings. The normalized spacial score (nSPS) is 10.5. The summed E-state index contributed by atoms with van der Waals surface area (Å²) >= 11 is 0. The molecular formula is C25H26N2O3. The lowest BCUT2D eigenvalue weighted by Gasteiger charge is -2.22. The van der Waals surface area contributed by atoms with Crippen LogP contribution in [0.5, 0.6) is 5.75 Å². The minimum atomic E-state index is -0.325. The highest BCUT2D eigenvalue weighted by Gasteiger charge is 2.21. The van der Waals surface area contributed by atoms with Crippen LogP contribution >= 0.6 is 0 Å². The number of benzene rings is 3. The average Bonchev–Trinajstić information content (AvgIpc) is 2.75. The maximum Gasteiger partial charge on any atom is 0.260 e. The molecule has 30 heavy (non-hydrogen) atoms. The first kappa shape index (κ1) is 21.1. The van der Waals surface area contributed by atoms with Crippen molar-refractivity contribution in [3.63, 3.8) is 0 Å². The van der Waals surface area contributed by atoms with E-state index in [1.807, 2.05) is 57.2 Å². The van der Waals surface area contributed by atoms with Gasteiger partial charge >= 0.3 is 0 Å². The van der Waals surface area contributed by atoms with Crippen molar-refractivity contribution >= 4 is 23.2 Å². The van der Waals surface area contributed by atoms with Crippen LogP contribution in [0.2, 0.25) is 0 Å². The molecule has 154 valence electrons. The van der Waals surface area contributed by atoms with Crippen LogP contribution in [0.3, 0.4) is 0 Å². The summed E-state index contributed by atoms with van der Waals surface area (Å²) in [6, 6.07) is 23.6. The Bertz CT molecular complexity index is 1020. The number of carbonyl (C=O) groups is 2. The summed E-state index contributed by atoms with van der Waals surface area (Å²) in [5.41, 5.74) is 2.12. The maximum atomic E-state index is 13.3. The smallest absolute Gasteiger partial charge is 0.260 e. The summed E-state index contributed by atoms with van der Waals surface area (Å²) in [4.78, 5) is 27.9. The third kappa shape index (κ3) is 4.87. The fraction of sp³-hybridized carbons (Fsp3) is 0.200. The van der Waals surface area contributed by atoms with Crippen LogP contribution in [0.1, 0.15) is 41.5 Å². The summed E-state index contributed by atoms with van der Waals surface area (Å²) < 4.78 is 5.76. The van der Waals surface area contributed by atoms with E-state index in [1.165, 1.54) is 0 Å². The summed E-state index contributed by atoms with van der Waals surface area (Å²) in [5, 5.41) is 2.89. The van der Waals surface area contributed by atoms with E-state index in [2.05, 4.69) is 5.32 Å². The van der Waals surface area contributed by atoms with E-state index >= 15 is 0 Å². The Kier molecular flexibility index (Phi) is 6.86. The molecule has 5 heteroatoms. The number of ether oxygens (including phenoxy) is 1. The molecule has 0 heterocycles. The van der Waals surface area contributed by atoms with Crippen LogP contribution in [0.4, 0.5) is 11.4 Å². The number of carbonyl (C=O) groups excluding carboxylic acids is 2. The predicted molar refractivity (Wildman–Crippen MR) is 120 cm³/mol. The van der Waals surface area contributed by atoms with Gasteiger partial charge in [-0.25, -0.2) is 0 Å². The van der Waals surface area contributed by atoms with Gasteiger partial charge in [0, 0.05) is 12.2 Å². The quantitative estimate of drug-likeness (QED) is 0.576. The van der Waals surface area contributed by atoms with Gasteiger partial charge in [0.15, 0.2) is 0 Å².